The highest BCUT2D eigenvalue weighted by atomic mass is 16.3. The topological polar surface area (TPSA) is 60.7 Å². The molecule has 48 heavy (non-hydrogen) atoms. The highest BCUT2D eigenvalue weighted by molar-refractivity contribution is 5.78. The van der Waals surface area contributed by atoms with Crippen LogP contribution in [0.5, 0.6) is 17.2 Å². The second kappa shape index (κ2) is 13.9. The molecule has 3 N–H and O–H groups in total. The first kappa shape index (κ1) is 32.1. The van der Waals surface area contributed by atoms with Crippen LogP contribution in [0.25, 0.3) is 22.3 Å². The molecule has 3 nitrogen and oxygen atoms in total. The molecule has 0 aliphatic heterocycles. The molecule has 5 aromatic carbocycles. The van der Waals surface area contributed by atoms with Crippen molar-refractivity contribution in [2.75, 3.05) is 0 Å². The average Bonchev–Trinajstić information content (AvgIpc) is 3.11. The van der Waals surface area contributed by atoms with Gasteiger partial charge in [0.15, 0.2) is 0 Å². The fourth-order valence-corrected chi connectivity index (χ4v) is 8.73. The first-order valence-corrected chi connectivity index (χ1v) is 18.0. The third-order valence-corrected chi connectivity index (χ3v) is 11.2. The Hall–Kier alpha value is -4.50. The molecule has 0 aromatic heterocycles. The van der Waals surface area contributed by atoms with E-state index in [1.165, 1.54) is 75.3 Å². The van der Waals surface area contributed by atoms with Crippen molar-refractivity contribution in [2.24, 2.45) is 0 Å². The Balaban J connectivity index is 1.42. The summed E-state index contributed by atoms with van der Waals surface area (Å²) in [4.78, 5) is 0. The van der Waals surface area contributed by atoms with E-state index in [1.54, 1.807) is 6.07 Å². The summed E-state index contributed by atoms with van der Waals surface area (Å²) in [6.07, 6.45) is 12.3. The summed E-state index contributed by atoms with van der Waals surface area (Å²) < 4.78 is 0. The fraction of sp³-hybridized carbons (Fsp3) is 0.333. The molecule has 3 heteroatoms. The average molecular weight is 637 g/mol. The van der Waals surface area contributed by atoms with Crippen molar-refractivity contribution in [3.05, 3.63) is 136 Å². The van der Waals surface area contributed by atoms with Crippen molar-refractivity contribution in [2.45, 2.75) is 95.8 Å². The summed E-state index contributed by atoms with van der Waals surface area (Å²) in [5.41, 5.74) is 11.2. The Bertz CT molecular complexity index is 1790. The Labute approximate surface area is 286 Å². The molecule has 0 radical (unpaired) electrons. The van der Waals surface area contributed by atoms with Crippen LogP contribution in [-0.4, -0.2) is 15.3 Å². The van der Waals surface area contributed by atoms with Crippen molar-refractivity contribution in [1.82, 2.24) is 0 Å². The summed E-state index contributed by atoms with van der Waals surface area (Å²) >= 11 is 0. The quantitative estimate of drug-likeness (QED) is 0.156. The maximum atomic E-state index is 11.5. The molecule has 0 unspecified atom stereocenters. The van der Waals surface area contributed by atoms with E-state index in [0.717, 1.165) is 50.1 Å². The number of phenolic OH excluding ortho intramolecular Hbond substituents is 3. The van der Waals surface area contributed by atoms with Crippen LogP contribution >= 0.6 is 0 Å². The third-order valence-electron chi connectivity index (χ3n) is 11.2. The van der Waals surface area contributed by atoms with Gasteiger partial charge in [-0.3, -0.25) is 0 Å². The number of aromatic hydroxyl groups is 3. The van der Waals surface area contributed by atoms with E-state index in [-0.39, 0.29) is 23.2 Å². The first-order chi connectivity index (χ1) is 23.4. The molecular weight excluding hydrogens is 588 g/mol. The van der Waals surface area contributed by atoms with Crippen LogP contribution in [0.1, 0.15) is 121 Å². The van der Waals surface area contributed by atoms with Gasteiger partial charge in [-0.1, -0.05) is 105 Å². The largest absolute Gasteiger partial charge is 0.508 e. The smallest absolute Gasteiger partial charge is 0.123 e. The zero-order chi connectivity index (χ0) is 33.2. The molecule has 2 aliphatic rings. The number of phenols is 3. The predicted octanol–water partition coefficient (Wildman–Crippen LogP) is 12.0. The Morgan fingerprint density at radius 3 is 1.31 bits per heavy atom. The lowest BCUT2D eigenvalue weighted by atomic mass is 9.76. The second-order valence-corrected chi connectivity index (χ2v) is 14.3. The monoisotopic (exact) mass is 636 g/mol. The molecular formula is C45H48O3. The minimum Gasteiger partial charge on any atom is -0.508 e. The van der Waals surface area contributed by atoms with Gasteiger partial charge in [0.1, 0.15) is 17.2 Å². The summed E-state index contributed by atoms with van der Waals surface area (Å²) in [5.74, 6) is 1.43. The van der Waals surface area contributed by atoms with Crippen LogP contribution < -0.4 is 0 Å². The van der Waals surface area contributed by atoms with E-state index in [0.29, 0.717) is 11.8 Å². The van der Waals surface area contributed by atoms with Gasteiger partial charge in [0.05, 0.1) is 0 Å². The molecule has 0 bridgehead atoms. The lowest BCUT2D eigenvalue weighted by Gasteiger charge is -2.28. The van der Waals surface area contributed by atoms with Gasteiger partial charge >= 0.3 is 0 Å². The van der Waals surface area contributed by atoms with Crippen LogP contribution in [0.3, 0.4) is 0 Å². The van der Waals surface area contributed by atoms with E-state index < -0.39 is 0 Å². The molecule has 0 saturated heterocycles. The molecule has 2 saturated carbocycles. The number of rotatable bonds is 7. The van der Waals surface area contributed by atoms with Gasteiger partial charge in [-0.15, -0.1) is 0 Å². The van der Waals surface area contributed by atoms with Crippen LogP contribution in [0.15, 0.2) is 97.1 Å². The minimum absolute atomic E-state index is 0.232. The summed E-state index contributed by atoms with van der Waals surface area (Å²) in [7, 11) is 0. The standard InChI is InChI=1S/C45H48O3/c1-29-25-43(47)40(35-21-11-9-19-33(35)31-15-5-3-6-16-31)27-38(29)45(37-23-13-14-24-42(37)46)39-28-41(44(48)26-30(39)2)36-22-12-10-20-34(36)32-17-7-4-8-18-32/h9-14,19-28,31-32,45-48H,3-8,15-18H2,1-2H3. The molecule has 0 amide bonds. The zero-order valence-electron chi connectivity index (χ0n) is 28.4. The predicted molar refractivity (Wildman–Crippen MR) is 197 cm³/mol. The fourth-order valence-electron chi connectivity index (χ4n) is 8.73. The molecule has 0 spiro atoms. The molecule has 0 heterocycles. The van der Waals surface area contributed by atoms with Crippen LogP contribution in [0, 0.1) is 13.8 Å². The Morgan fingerprint density at radius 2 is 0.854 bits per heavy atom. The van der Waals surface area contributed by atoms with Gasteiger partial charge < -0.3 is 15.3 Å². The van der Waals surface area contributed by atoms with Gasteiger partial charge in [0.25, 0.3) is 0 Å². The Kier molecular flexibility index (Phi) is 9.30. The van der Waals surface area contributed by atoms with Gasteiger partial charge in [-0.2, -0.15) is 0 Å². The zero-order valence-corrected chi connectivity index (χ0v) is 28.4. The number of hydrogen-bond donors (Lipinski definition) is 3. The summed E-state index contributed by atoms with van der Waals surface area (Å²) in [6, 6.07) is 32.9. The highest BCUT2D eigenvalue weighted by Crippen LogP contribution is 2.48. The van der Waals surface area contributed by atoms with E-state index in [1.807, 2.05) is 44.2 Å². The molecule has 246 valence electrons. The van der Waals surface area contributed by atoms with Crippen molar-refractivity contribution in [3.63, 3.8) is 0 Å². The normalized spacial score (nSPS) is 16.0. The van der Waals surface area contributed by atoms with E-state index in [9.17, 15) is 15.3 Å². The number of benzene rings is 5. The van der Waals surface area contributed by atoms with Gasteiger partial charge in [-0.25, -0.2) is 0 Å². The van der Waals surface area contributed by atoms with E-state index >= 15 is 0 Å². The summed E-state index contributed by atoms with van der Waals surface area (Å²) in [5, 5.41) is 34.4. The molecule has 0 atom stereocenters. The van der Waals surface area contributed by atoms with Crippen molar-refractivity contribution >= 4 is 0 Å². The van der Waals surface area contributed by atoms with Crippen LogP contribution in [-0.2, 0) is 0 Å². The number of aryl methyl sites for hydroxylation is 2. The van der Waals surface area contributed by atoms with Gasteiger partial charge in [0.2, 0.25) is 0 Å². The van der Waals surface area contributed by atoms with Crippen molar-refractivity contribution in [3.8, 4) is 39.5 Å². The maximum Gasteiger partial charge on any atom is 0.123 e. The molecule has 7 rings (SSSR count). The Morgan fingerprint density at radius 1 is 0.438 bits per heavy atom. The molecule has 2 fully saturated rings. The highest BCUT2D eigenvalue weighted by Gasteiger charge is 2.28. The lowest BCUT2D eigenvalue weighted by molar-refractivity contribution is 0.444. The minimum atomic E-state index is -0.325. The van der Waals surface area contributed by atoms with Crippen molar-refractivity contribution < 1.29 is 15.3 Å². The summed E-state index contributed by atoms with van der Waals surface area (Å²) in [6.45, 7) is 4.10. The van der Waals surface area contributed by atoms with Crippen molar-refractivity contribution in [1.29, 1.82) is 0 Å². The maximum absolute atomic E-state index is 11.5. The third kappa shape index (κ3) is 6.23. The second-order valence-electron chi connectivity index (χ2n) is 14.3. The van der Waals surface area contributed by atoms with E-state index in [2.05, 4.69) is 60.7 Å². The lowest BCUT2D eigenvalue weighted by Crippen LogP contribution is -2.10. The van der Waals surface area contributed by atoms with E-state index in [4.69, 9.17) is 0 Å². The number of hydrogen-bond acceptors (Lipinski definition) is 3. The van der Waals surface area contributed by atoms with Gasteiger partial charge in [0, 0.05) is 22.6 Å². The number of para-hydroxylation sites is 1. The van der Waals surface area contributed by atoms with Gasteiger partial charge in [-0.05, 0) is 126 Å². The van der Waals surface area contributed by atoms with Crippen LogP contribution in [0.2, 0.25) is 0 Å². The molecule has 2 aliphatic carbocycles. The molecule has 5 aromatic rings. The SMILES string of the molecule is Cc1cc(O)c(-c2ccccc2C2CCCCC2)cc1C(c1cc(-c2ccccc2C2CCCCC2)c(O)cc1C)c1ccccc1O. The first-order valence-electron chi connectivity index (χ1n) is 18.0. The van der Waals surface area contributed by atoms with Crippen LogP contribution in [0.4, 0.5) is 0 Å².